The molecule has 6 heteroatoms. The van der Waals surface area contributed by atoms with Gasteiger partial charge in [0, 0.05) is 30.5 Å². The summed E-state index contributed by atoms with van der Waals surface area (Å²) >= 11 is 5.97. The second-order valence-electron chi connectivity index (χ2n) is 4.24. The van der Waals surface area contributed by atoms with Crippen molar-refractivity contribution in [2.24, 2.45) is 0 Å². The van der Waals surface area contributed by atoms with Crippen molar-refractivity contribution in [2.45, 2.75) is 20.0 Å². The largest absolute Gasteiger partial charge is 0.465 e. The van der Waals surface area contributed by atoms with Crippen LogP contribution >= 0.6 is 11.6 Å². The molecule has 106 valence electrons. The van der Waals surface area contributed by atoms with Crippen LogP contribution in [0.2, 0.25) is 5.02 Å². The van der Waals surface area contributed by atoms with Gasteiger partial charge in [-0.2, -0.15) is 5.10 Å². The van der Waals surface area contributed by atoms with E-state index in [2.05, 4.69) is 15.2 Å². The van der Waals surface area contributed by atoms with Gasteiger partial charge in [0.15, 0.2) is 0 Å². The van der Waals surface area contributed by atoms with Gasteiger partial charge >= 0.3 is 5.97 Å². The minimum Gasteiger partial charge on any atom is -0.465 e. The number of nitrogens with zero attached hydrogens (tertiary/aromatic N) is 2. The maximum atomic E-state index is 11.6. The Kier molecular flexibility index (Phi) is 4.63. The number of aromatic nitrogens is 2. The van der Waals surface area contributed by atoms with E-state index in [1.54, 1.807) is 12.1 Å². The number of anilines is 1. The van der Waals surface area contributed by atoms with Gasteiger partial charge in [0.2, 0.25) is 0 Å². The molecule has 2 rings (SSSR count). The lowest BCUT2D eigenvalue weighted by Gasteiger charge is -2.08. The fourth-order valence-electron chi connectivity index (χ4n) is 1.78. The van der Waals surface area contributed by atoms with Gasteiger partial charge < -0.3 is 10.1 Å². The van der Waals surface area contributed by atoms with E-state index in [-0.39, 0.29) is 0 Å². The van der Waals surface area contributed by atoms with Gasteiger partial charge in [0.1, 0.15) is 0 Å². The summed E-state index contributed by atoms with van der Waals surface area (Å²) in [5.74, 6) is -0.447. The molecule has 0 saturated carbocycles. The molecule has 20 heavy (non-hydrogen) atoms. The van der Waals surface area contributed by atoms with Gasteiger partial charge in [-0.15, -0.1) is 0 Å². The third-order valence-corrected chi connectivity index (χ3v) is 3.21. The van der Waals surface area contributed by atoms with Gasteiger partial charge in [-0.1, -0.05) is 11.6 Å². The summed E-state index contributed by atoms with van der Waals surface area (Å²) in [7, 11) is 1.33. The molecular formula is C14H16ClN3O2. The molecule has 0 aliphatic rings. The number of carbonyl (C=O) groups excluding carboxylic acids is 1. The number of nitrogens with one attached hydrogen (secondary N) is 1. The van der Waals surface area contributed by atoms with E-state index in [4.69, 9.17) is 11.6 Å². The zero-order valence-corrected chi connectivity index (χ0v) is 12.1. The number of hydrogen-bond acceptors (Lipinski definition) is 4. The summed E-state index contributed by atoms with van der Waals surface area (Å²) in [5, 5.41) is 7.80. The molecule has 1 N–H and O–H groups in total. The molecule has 0 unspecified atom stereocenters. The smallest absolute Gasteiger partial charge is 0.339 e. The number of esters is 1. The van der Waals surface area contributed by atoms with Gasteiger partial charge in [-0.05, 0) is 25.1 Å². The molecule has 0 aliphatic carbocycles. The Balaban J connectivity index is 2.08. The molecule has 0 aliphatic heterocycles. The third-order valence-electron chi connectivity index (χ3n) is 2.88. The normalized spacial score (nSPS) is 10.3. The summed E-state index contributed by atoms with van der Waals surface area (Å²) < 4.78 is 6.55. The molecule has 0 fully saturated rings. The third kappa shape index (κ3) is 3.30. The molecule has 0 radical (unpaired) electrons. The maximum Gasteiger partial charge on any atom is 0.339 e. The first kappa shape index (κ1) is 14.4. The van der Waals surface area contributed by atoms with Crippen molar-refractivity contribution >= 4 is 23.3 Å². The van der Waals surface area contributed by atoms with Crippen LogP contribution in [0.1, 0.15) is 22.8 Å². The molecule has 1 heterocycles. The molecule has 1 aromatic heterocycles. The van der Waals surface area contributed by atoms with Crippen LogP contribution in [-0.2, 0) is 17.8 Å². The average molecular weight is 294 g/mol. The standard InChI is InChI=1S/C14H16ClN3O2/c1-3-18-9-10(8-17-18)7-16-11-4-5-13(15)12(6-11)14(19)20-2/h4-6,8-9,16H,3,7H2,1-2H3. The quantitative estimate of drug-likeness (QED) is 0.861. The molecule has 0 saturated heterocycles. The van der Waals surface area contributed by atoms with Crippen LogP contribution in [0.5, 0.6) is 0 Å². The molecule has 0 spiro atoms. The summed E-state index contributed by atoms with van der Waals surface area (Å²) in [6.07, 6.45) is 3.79. The highest BCUT2D eigenvalue weighted by molar-refractivity contribution is 6.33. The molecular weight excluding hydrogens is 278 g/mol. The molecule has 0 amide bonds. The highest BCUT2D eigenvalue weighted by atomic mass is 35.5. The van der Waals surface area contributed by atoms with Crippen LogP contribution in [0.15, 0.2) is 30.6 Å². The van der Waals surface area contributed by atoms with Gasteiger partial charge in [-0.25, -0.2) is 4.79 Å². The lowest BCUT2D eigenvalue weighted by atomic mass is 10.2. The number of halogens is 1. The number of hydrogen-bond donors (Lipinski definition) is 1. The van der Waals surface area contributed by atoms with Crippen LogP contribution in [0.4, 0.5) is 5.69 Å². The minimum absolute atomic E-state index is 0.350. The Morgan fingerprint density at radius 3 is 2.95 bits per heavy atom. The topological polar surface area (TPSA) is 56.2 Å². The highest BCUT2D eigenvalue weighted by Crippen LogP contribution is 2.21. The second-order valence-corrected chi connectivity index (χ2v) is 4.65. The first-order valence-electron chi connectivity index (χ1n) is 6.27. The van der Waals surface area contributed by atoms with Gasteiger partial charge in [-0.3, -0.25) is 4.68 Å². The predicted octanol–water partition coefficient (Wildman–Crippen LogP) is 2.96. The Morgan fingerprint density at radius 1 is 1.50 bits per heavy atom. The fourth-order valence-corrected chi connectivity index (χ4v) is 1.97. The van der Waals surface area contributed by atoms with Crippen molar-refractivity contribution in [1.82, 2.24) is 9.78 Å². The predicted molar refractivity (Wildman–Crippen MR) is 78.0 cm³/mol. The number of rotatable bonds is 5. The number of carbonyl (C=O) groups is 1. The molecule has 0 atom stereocenters. The maximum absolute atomic E-state index is 11.6. The van der Waals surface area contributed by atoms with Crippen LogP contribution in [0.25, 0.3) is 0 Å². The van der Waals surface area contributed by atoms with Crippen LogP contribution in [0, 0.1) is 0 Å². The van der Waals surface area contributed by atoms with Crippen LogP contribution in [-0.4, -0.2) is 22.9 Å². The molecule has 5 nitrogen and oxygen atoms in total. The summed E-state index contributed by atoms with van der Waals surface area (Å²) in [4.78, 5) is 11.6. The van der Waals surface area contributed by atoms with E-state index in [1.165, 1.54) is 7.11 Å². The van der Waals surface area contributed by atoms with Crippen molar-refractivity contribution in [2.75, 3.05) is 12.4 Å². The number of ether oxygens (including phenoxy) is 1. The lowest BCUT2D eigenvalue weighted by Crippen LogP contribution is -2.04. The Hall–Kier alpha value is -2.01. The van der Waals surface area contributed by atoms with Crippen molar-refractivity contribution in [3.63, 3.8) is 0 Å². The first-order valence-corrected chi connectivity index (χ1v) is 6.65. The Morgan fingerprint density at radius 2 is 2.30 bits per heavy atom. The highest BCUT2D eigenvalue weighted by Gasteiger charge is 2.11. The Bertz CT molecular complexity index is 610. The van der Waals surface area contributed by atoms with E-state index >= 15 is 0 Å². The first-order chi connectivity index (χ1) is 9.63. The summed E-state index contributed by atoms with van der Waals surface area (Å²) in [5.41, 5.74) is 2.23. The molecule has 2 aromatic rings. The van der Waals surface area contributed by atoms with Crippen molar-refractivity contribution in [1.29, 1.82) is 0 Å². The zero-order chi connectivity index (χ0) is 14.5. The lowest BCUT2D eigenvalue weighted by molar-refractivity contribution is 0.0601. The van der Waals surface area contributed by atoms with E-state index in [1.807, 2.05) is 30.1 Å². The second kappa shape index (κ2) is 6.43. The van der Waals surface area contributed by atoms with Gasteiger partial charge in [0.05, 0.1) is 23.9 Å². The Labute approximate surface area is 122 Å². The van der Waals surface area contributed by atoms with Crippen molar-refractivity contribution in [3.8, 4) is 0 Å². The summed E-state index contributed by atoms with van der Waals surface area (Å²) in [6, 6.07) is 5.17. The number of benzene rings is 1. The monoisotopic (exact) mass is 293 g/mol. The summed E-state index contributed by atoms with van der Waals surface area (Å²) in [6.45, 7) is 3.50. The fraction of sp³-hybridized carbons (Fsp3) is 0.286. The number of methoxy groups -OCH3 is 1. The van der Waals surface area contributed by atoms with Crippen molar-refractivity contribution < 1.29 is 9.53 Å². The minimum atomic E-state index is -0.447. The van der Waals surface area contributed by atoms with E-state index in [9.17, 15) is 4.79 Å². The van der Waals surface area contributed by atoms with E-state index in [0.717, 1.165) is 17.8 Å². The van der Waals surface area contributed by atoms with E-state index in [0.29, 0.717) is 17.1 Å². The van der Waals surface area contributed by atoms with Crippen LogP contribution in [0.3, 0.4) is 0 Å². The average Bonchev–Trinajstić information content (AvgIpc) is 2.93. The van der Waals surface area contributed by atoms with Crippen LogP contribution < -0.4 is 5.32 Å². The van der Waals surface area contributed by atoms with Gasteiger partial charge in [0.25, 0.3) is 0 Å². The SMILES string of the molecule is CCn1cc(CNc2ccc(Cl)c(C(=O)OC)c2)cn1. The molecule has 1 aromatic carbocycles. The molecule has 0 bridgehead atoms. The number of aryl methyl sites for hydroxylation is 1. The van der Waals surface area contributed by atoms with Crippen molar-refractivity contribution in [3.05, 3.63) is 46.7 Å². The zero-order valence-electron chi connectivity index (χ0n) is 11.4. The van der Waals surface area contributed by atoms with E-state index < -0.39 is 5.97 Å².